The Bertz CT molecular complexity index is 295. The van der Waals surface area contributed by atoms with Crippen molar-refractivity contribution in [3.8, 4) is 0 Å². The lowest BCUT2D eigenvalue weighted by Gasteiger charge is -2.49. The molecule has 1 unspecified atom stereocenters. The van der Waals surface area contributed by atoms with Crippen molar-refractivity contribution in [2.75, 3.05) is 33.0 Å². The van der Waals surface area contributed by atoms with Crippen molar-refractivity contribution >= 4 is 0 Å². The number of hydrogen-bond donors (Lipinski definition) is 0. The van der Waals surface area contributed by atoms with Gasteiger partial charge in [-0.05, 0) is 20.8 Å². The van der Waals surface area contributed by atoms with E-state index in [4.69, 9.17) is 23.7 Å². The Hall–Kier alpha value is -0.410. The van der Waals surface area contributed by atoms with E-state index in [0.717, 1.165) is 0 Å². The number of rotatable bonds is 8. The van der Waals surface area contributed by atoms with E-state index in [2.05, 4.69) is 0 Å². The molecule has 0 aromatic rings. The van der Waals surface area contributed by atoms with Gasteiger partial charge in [0.15, 0.2) is 0 Å². The lowest BCUT2D eigenvalue weighted by Crippen LogP contribution is -2.66. The molecule has 1 atom stereocenters. The third kappa shape index (κ3) is 4.53. The van der Waals surface area contributed by atoms with Crippen molar-refractivity contribution in [3.63, 3.8) is 0 Å². The van der Waals surface area contributed by atoms with Crippen molar-refractivity contribution in [1.82, 2.24) is 0 Å². The van der Waals surface area contributed by atoms with Crippen LogP contribution in [0.1, 0.15) is 33.6 Å². The summed E-state index contributed by atoms with van der Waals surface area (Å²) >= 11 is 0. The van der Waals surface area contributed by atoms with Gasteiger partial charge in [-0.25, -0.2) is 0 Å². The van der Waals surface area contributed by atoms with Crippen LogP contribution in [-0.4, -0.2) is 51.0 Å². The van der Waals surface area contributed by atoms with Crippen LogP contribution in [-0.2, 0) is 23.7 Å². The maximum absolute atomic E-state index is 12.6. The molecule has 1 rings (SSSR count). The van der Waals surface area contributed by atoms with Gasteiger partial charge < -0.3 is 23.7 Å². The van der Waals surface area contributed by atoms with Crippen LogP contribution in [0.15, 0.2) is 0 Å². The van der Waals surface area contributed by atoms with E-state index in [1.165, 1.54) is 0 Å². The highest BCUT2D eigenvalue weighted by molar-refractivity contribution is 4.86. The van der Waals surface area contributed by atoms with E-state index in [1.807, 2.05) is 0 Å². The van der Waals surface area contributed by atoms with Crippen LogP contribution in [0.2, 0.25) is 0 Å². The summed E-state index contributed by atoms with van der Waals surface area (Å²) < 4.78 is 65.3. The Morgan fingerprint density at radius 1 is 0.905 bits per heavy atom. The minimum absolute atomic E-state index is 0.111. The van der Waals surface area contributed by atoms with Gasteiger partial charge in [0, 0.05) is 32.7 Å². The highest BCUT2D eigenvalue weighted by atomic mass is 19.4. The van der Waals surface area contributed by atoms with Gasteiger partial charge in [-0.3, -0.25) is 0 Å². The Morgan fingerprint density at radius 2 is 1.43 bits per heavy atom. The molecular formula is C13H23F3O5. The fraction of sp³-hybridized carbons (Fsp3) is 1.00. The van der Waals surface area contributed by atoms with Gasteiger partial charge in [0.25, 0.3) is 5.79 Å². The van der Waals surface area contributed by atoms with Gasteiger partial charge in [0.1, 0.15) is 0 Å². The zero-order valence-electron chi connectivity index (χ0n) is 12.6. The van der Waals surface area contributed by atoms with Crippen LogP contribution < -0.4 is 0 Å². The standard InChI is InChI=1S/C13H23F3O5/c1-4-17-11(7-8-12(14,15)16)13(18-5-2,19-6-3)21-10-9-20-11/h4-10H2,1-3H3. The van der Waals surface area contributed by atoms with Gasteiger partial charge in [0.2, 0.25) is 0 Å². The molecule has 1 aliphatic heterocycles. The van der Waals surface area contributed by atoms with E-state index in [9.17, 15) is 13.2 Å². The largest absolute Gasteiger partial charge is 0.389 e. The third-order valence-electron chi connectivity index (χ3n) is 2.96. The first-order valence-corrected chi connectivity index (χ1v) is 7.11. The fourth-order valence-electron chi connectivity index (χ4n) is 2.27. The second-order valence-corrected chi connectivity index (χ2v) is 4.42. The molecule has 8 heteroatoms. The summed E-state index contributed by atoms with van der Waals surface area (Å²) in [5.74, 6) is -3.52. The quantitative estimate of drug-likeness (QED) is 0.644. The molecular weight excluding hydrogens is 293 g/mol. The SMILES string of the molecule is CCOC1(CCC(F)(F)F)OCCOC1(OCC)OCC. The monoisotopic (exact) mass is 316 g/mol. The Balaban J connectivity index is 3.06. The van der Waals surface area contributed by atoms with Crippen molar-refractivity contribution in [1.29, 1.82) is 0 Å². The van der Waals surface area contributed by atoms with Crippen LogP contribution in [0.3, 0.4) is 0 Å². The van der Waals surface area contributed by atoms with Crippen LogP contribution >= 0.6 is 0 Å². The zero-order chi connectivity index (χ0) is 16.0. The van der Waals surface area contributed by atoms with E-state index in [1.54, 1.807) is 20.8 Å². The molecule has 0 spiro atoms. The van der Waals surface area contributed by atoms with E-state index in [0.29, 0.717) is 0 Å². The zero-order valence-corrected chi connectivity index (χ0v) is 12.6. The molecule has 0 bridgehead atoms. The molecule has 0 amide bonds. The minimum Gasteiger partial charge on any atom is -0.344 e. The van der Waals surface area contributed by atoms with Crippen molar-refractivity contribution in [3.05, 3.63) is 0 Å². The molecule has 1 saturated heterocycles. The molecule has 1 aliphatic rings. The normalized spacial score (nSPS) is 26.0. The smallest absolute Gasteiger partial charge is 0.344 e. The first kappa shape index (κ1) is 18.6. The molecule has 21 heavy (non-hydrogen) atoms. The van der Waals surface area contributed by atoms with Crippen LogP contribution in [0, 0.1) is 0 Å². The van der Waals surface area contributed by atoms with Gasteiger partial charge in [-0.2, -0.15) is 13.2 Å². The van der Waals surface area contributed by atoms with Gasteiger partial charge in [0.05, 0.1) is 13.2 Å². The maximum Gasteiger partial charge on any atom is 0.389 e. The highest BCUT2D eigenvalue weighted by Crippen LogP contribution is 2.42. The fourth-order valence-corrected chi connectivity index (χ4v) is 2.27. The highest BCUT2D eigenvalue weighted by Gasteiger charge is 2.61. The average molecular weight is 316 g/mol. The van der Waals surface area contributed by atoms with Crippen molar-refractivity contribution < 1.29 is 36.9 Å². The van der Waals surface area contributed by atoms with Crippen LogP contribution in [0.4, 0.5) is 13.2 Å². The number of ether oxygens (including phenoxy) is 5. The maximum atomic E-state index is 12.6. The third-order valence-corrected chi connectivity index (χ3v) is 2.96. The Labute approximate surface area is 122 Å². The number of alkyl halides is 3. The molecule has 0 aromatic heterocycles. The second-order valence-electron chi connectivity index (χ2n) is 4.42. The summed E-state index contributed by atoms with van der Waals surface area (Å²) in [6.45, 7) is 5.83. The topological polar surface area (TPSA) is 46.2 Å². The molecule has 1 heterocycles. The molecule has 0 N–H and O–H groups in total. The van der Waals surface area contributed by atoms with Crippen LogP contribution in [0.25, 0.3) is 0 Å². The molecule has 0 saturated carbocycles. The minimum atomic E-state index is -4.34. The molecule has 126 valence electrons. The second kappa shape index (κ2) is 7.73. The predicted octanol–water partition coefficient (Wildman–Crippen LogP) is 2.84. The summed E-state index contributed by atoms with van der Waals surface area (Å²) in [7, 11) is 0. The van der Waals surface area contributed by atoms with Gasteiger partial charge in [-0.15, -0.1) is 0 Å². The number of hydrogen-bond acceptors (Lipinski definition) is 5. The summed E-state index contributed by atoms with van der Waals surface area (Å²) in [5.41, 5.74) is 0. The van der Waals surface area contributed by atoms with E-state index in [-0.39, 0.29) is 33.0 Å². The first-order chi connectivity index (χ1) is 9.85. The summed E-state index contributed by atoms with van der Waals surface area (Å²) in [5, 5.41) is 0. The van der Waals surface area contributed by atoms with Crippen molar-refractivity contribution in [2.24, 2.45) is 0 Å². The van der Waals surface area contributed by atoms with Gasteiger partial charge in [-0.1, -0.05) is 0 Å². The lowest BCUT2D eigenvalue weighted by atomic mass is 10.1. The van der Waals surface area contributed by atoms with Crippen LogP contribution in [0.5, 0.6) is 0 Å². The first-order valence-electron chi connectivity index (χ1n) is 7.11. The molecule has 0 radical (unpaired) electrons. The predicted molar refractivity (Wildman–Crippen MR) is 67.5 cm³/mol. The van der Waals surface area contributed by atoms with E-state index >= 15 is 0 Å². The van der Waals surface area contributed by atoms with Gasteiger partial charge >= 0.3 is 12.1 Å². The lowest BCUT2D eigenvalue weighted by molar-refractivity contribution is -0.520. The van der Waals surface area contributed by atoms with E-state index < -0.39 is 30.8 Å². The van der Waals surface area contributed by atoms with Crippen molar-refractivity contribution in [2.45, 2.75) is 51.5 Å². The average Bonchev–Trinajstić information content (AvgIpc) is 2.40. The summed E-state index contributed by atoms with van der Waals surface area (Å²) in [6, 6.07) is 0. The Kier molecular flexibility index (Phi) is 6.86. The summed E-state index contributed by atoms with van der Waals surface area (Å²) in [4.78, 5) is 0. The molecule has 1 fully saturated rings. The Morgan fingerprint density at radius 3 is 1.90 bits per heavy atom. The molecule has 0 aliphatic carbocycles. The molecule has 5 nitrogen and oxygen atoms in total. The summed E-state index contributed by atoms with van der Waals surface area (Å²) in [6.07, 6.45) is -5.89. The number of halogens is 3. The molecule has 0 aromatic carbocycles.